The van der Waals surface area contributed by atoms with Gasteiger partial charge in [-0.15, -0.1) is 8.98 Å². The van der Waals surface area contributed by atoms with Crippen LogP contribution >= 0.6 is 12.3 Å². The fourth-order valence-corrected chi connectivity index (χ4v) is 0.401. The molecular weight excluding hydrogens is 117 g/mol. The van der Waals surface area contributed by atoms with Crippen molar-refractivity contribution in [3.63, 3.8) is 0 Å². The van der Waals surface area contributed by atoms with Gasteiger partial charge in [-0.05, 0) is 0 Å². The summed E-state index contributed by atoms with van der Waals surface area (Å²) in [6, 6.07) is 0. The van der Waals surface area contributed by atoms with E-state index in [1.165, 1.54) is 12.7 Å². The highest BCUT2D eigenvalue weighted by atomic mass is 32.2. The molecule has 0 aliphatic heterocycles. The van der Waals surface area contributed by atoms with Crippen LogP contribution in [-0.4, -0.2) is 14.2 Å². The molecule has 5 heteroatoms. The van der Waals surface area contributed by atoms with Gasteiger partial charge in [0.25, 0.3) is 0 Å². The second-order valence-electron chi connectivity index (χ2n) is 0.867. The third-order valence-electron chi connectivity index (χ3n) is 0.468. The Hall–Kier alpha value is -0.580. The summed E-state index contributed by atoms with van der Waals surface area (Å²) in [5.41, 5.74) is 0. The fraction of sp³-hybridized carbons (Fsp3) is 0. The topological polar surface area (TPSA) is 30.7 Å². The van der Waals surface area contributed by atoms with E-state index in [4.69, 9.17) is 0 Å². The lowest BCUT2D eigenvalue weighted by Gasteiger charge is -1.78. The molecule has 0 bridgehead atoms. The van der Waals surface area contributed by atoms with Gasteiger partial charge in [0.05, 0.1) is 0 Å². The van der Waals surface area contributed by atoms with Crippen LogP contribution in [0.25, 0.3) is 0 Å². The van der Waals surface area contributed by atoms with Crippen molar-refractivity contribution in [2.75, 3.05) is 0 Å². The van der Waals surface area contributed by atoms with E-state index < -0.39 is 0 Å². The molecule has 0 spiro atoms. The molecule has 0 aromatic carbocycles. The zero-order valence-electron chi connectivity index (χ0n) is 3.28. The standard InChI is InChI=1S/C2H2FN3S/c3-7-6-2-4-1-5-6/h1-2H. The van der Waals surface area contributed by atoms with Crippen LogP contribution in [-0.2, 0) is 0 Å². The van der Waals surface area contributed by atoms with Crippen LogP contribution in [0.15, 0.2) is 12.7 Å². The SMILES string of the molecule is FSn1cncn1. The van der Waals surface area contributed by atoms with Crippen molar-refractivity contribution in [3.8, 4) is 0 Å². The summed E-state index contributed by atoms with van der Waals surface area (Å²) in [5.74, 6) is 0. The van der Waals surface area contributed by atoms with Gasteiger partial charge in [-0.25, -0.2) is 4.98 Å². The van der Waals surface area contributed by atoms with Gasteiger partial charge in [0.15, 0.2) is 12.3 Å². The molecule has 7 heavy (non-hydrogen) atoms. The van der Waals surface area contributed by atoms with E-state index in [-0.39, 0.29) is 12.3 Å². The maximum Gasteiger partial charge on any atom is 0.188 e. The Morgan fingerprint density at radius 3 is 2.86 bits per heavy atom. The molecule has 0 aliphatic rings. The molecule has 0 saturated carbocycles. The lowest BCUT2D eigenvalue weighted by molar-refractivity contribution is 0.877. The van der Waals surface area contributed by atoms with Gasteiger partial charge in [-0.2, -0.15) is 4.09 Å². The van der Waals surface area contributed by atoms with Gasteiger partial charge >= 0.3 is 0 Å². The summed E-state index contributed by atoms with van der Waals surface area (Å²) in [6.45, 7) is 0. The zero-order chi connectivity index (χ0) is 5.11. The average Bonchev–Trinajstić information content (AvgIpc) is 2.14. The number of aromatic nitrogens is 3. The Kier molecular flexibility index (Phi) is 1.26. The number of nitrogens with zero attached hydrogens (tertiary/aromatic N) is 3. The molecule has 38 valence electrons. The quantitative estimate of drug-likeness (QED) is 0.544. The summed E-state index contributed by atoms with van der Waals surface area (Å²) in [7, 11) is 0. The number of halogens is 1. The zero-order valence-corrected chi connectivity index (χ0v) is 4.10. The predicted octanol–water partition coefficient (Wildman–Crippen LogP) is 0.659. The molecule has 1 aromatic rings. The maximum atomic E-state index is 11.3. The van der Waals surface area contributed by atoms with Crippen molar-refractivity contribution < 1.29 is 3.89 Å². The van der Waals surface area contributed by atoms with Gasteiger partial charge in [0.1, 0.15) is 12.7 Å². The molecule has 0 saturated heterocycles. The van der Waals surface area contributed by atoms with Crippen LogP contribution in [0, 0.1) is 0 Å². The van der Waals surface area contributed by atoms with E-state index in [9.17, 15) is 3.89 Å². The Bertz CT molecular complexity index is 127. The minimum absolute atomic E-state index is 0.0185. The average molecular weight is 119 g/mol. The summed E-state index contributed by atoms with van der Waals surface area (Å²) in [5, 5.41) is 3.43. The number of hydrogen-bond acceptors (Lipinski definition) is 3. The van der Waals surface area contributed by atoms with E-state index in [1.807, 2.05) is 0 Å². The second kappa shape index (κ2) is 1.92. The summed E-state index contributed by atoms with van der Waals surface area (Å²) in [6.07, 6.45) is 2.55. The van der Waals surface area contributed by atoms with Gasteiger partial charge in [-0.1, -0.05) is 0 Å². The molecule has 0 N–H and O–H groups in total. The van der Waals surface area contributed by atoms with Crippen molar-refractivity contribution in [1.29, 1.82) is 0 Å². The van der Waals surface area contributed by atoms with Crippen LogP contribution in [0.2, 0.25) is 0 Å². The van der Waals surface area contributed by atoms with Crippen LogP contribution < -0.4 is 0 Å². The lowest BCUT2D eigenvalue weighted by Crippen LogP contribution is -1.78. The molecule has 0 unspecified atom stereocenters. The summed E-state index contributed by atoms with van der Waals surface area (Å²) < 4.78 is 12.3. The van der Waals surface area contributed by atoms with Gasteiger partial charge < -0.3 is 0 Å². The van der Waals surface area contributed by atoms with Crippen LogP contribution in [0.1, 0.15) is 0 Å². The highest BCUT2D eigenvalue weighted by molar-refractivity contribution is 7.92. The van der Waals surface area contributed by atoms with E-state index in [0.717, 1.165) is 4.09 Å². The van der Waals surface area contributed by atoms with Gasteiger partial charge in [0, 0.05) is 0 Å². The van der Waals surface area contributed by atoms with E-state index in [1.54, 1.807) is 0 Å². The first kappa shape index (κ1) is 4.58. The third kappa shape index (κ3) is 0.894. The largest absolute Gasteiger partial charge is 0.222 e. The highest BCUT2D eigenvalue weighted by Crippen LogP contribution is 1.99. The Morgan fingerprint density at radius 2 is 2.57 bits per heavy atom. The molecule has 1 aromatic heterocycles. The first-order valence-corrected chi connectivity index (χ1v) is 2.24. The van der Waals surface area contributed by atoms with Crippen LogP contribution in [0.3, 0.4) is 0 Å². The molecule has 3 nitrogen and oxygen atoms in total. The second-order valence-corrected chi connectivity index (χ2v) is 1.38. The Morgan fingerprint density at radius 1 is 1.71 bits per heavy atom. The van der Waals surface area contributed by atoms with Crippen molar-refractivity contribution >= 4 is 12.3 Å². The molecule has 1 heterocycles. The fourth-order valence-electron chi connectivity index (χ4n) is 0.233. The predicted molar refractivity (Wildman–Crippen MR) is 24.1 cm³/mol. The minimum atomic E-state index is 0.0185. The smallest absolute Gasteiger partial charge is 0.188 e. The van der Waals surface area contributed by atoms with Gasteiger partial charge in [0.2, 0.25) is 0 Å². The van der Waals surface area contributed by atoms with Crippen molar-refractivity contribution in [1.82, 2.24) is 14.2 Å². The van der Waals surface area contributed by atoms with E-state index in [2.05, 4.69) is 10.1 Å². The highest BCUT2D eigenvalue weighted by Gasteiger charge is 1.83. The van der Waals surface area contributed by atoms with Crippen molar-refractivity contribution in [3.05, 3.63) is 12.7 Å². The van der Waals surface area contributed by atoms with Crippen LogP contribution in [0.5, 0.6) is 0 Å². The van der Waals surface area contributed by atoms with Crippen molar-refractivity contribution in [2.24, 2.45) is 0 Å². The first-order valence-electron chi connectivity index (χ1n) is 1.57. The normalized spacial score (nSPS) is 9.29. The Balaban J connectivity index is 2.76. The molecule has 1 rings (SSSR count). The minimum Gasteiger partial charge on any atom is -0.222 e. The lowest BCUT2D eigenvalue weighted by atomic mass is 11.3. The summed E-state index contributed by atoms with van der Waals surface area (Å²) >= 11 is 0.0185. The first-order chi connectivity index (χ1) is 3.43. The summed E-state index contributed by atoms with van der Waals surface area (Å²) in [4.78, 5) is 3.48. The molecule has 0 atom stereocenters. The molecule has 0 aliphatic carbocycles. The van der Waals surface area contributed by atoms with E-state index >= 15 is 0 Å². The number of rotatable bonds is 1. The van der Waals surface area contributed by atoms with E-state index in [0.29, 0.717) is 0 Å². The number of hydrogen-bond donors (Lipinski definition) is 0. The molecule has 0 amide bonds. The molecule has 0 radical (unpaired) electrons. The Labute approximate surface area is 44.0 Å². The monoisotopic (exact) mass is 119 g/mol. The molecular formula is C2H2FN3S. The third-order valence-corrected chi connectivity index (χ3v) is 0.798. The van der Waals surface area contributed by atoms with Crippen LogP contribution in [0.4, 0.5) is 3.89 Å². The van der Waals surface area contributed by atoms with Crippen molar-refractivity contribution in [2.45, 2.75) is 0 Å². The molecule has 0 fully saturated rings. The van der Waals surface area contributed by atoms with Gasteiger partial charge in [-0.3, -0.25) is 0 Å². The maximum absolute atomic E-state index is 11.3.